The van der Waals surface area contributed by atoms with Gasteiger partial charge in [-0.3, -0.25) is 9.59 Å². The summed E-state index contributed by atoms with van der Waals surface area (Å²) in [6.45, 7) is 1.33. The normalized spacial score (nSPS) is 19.5. The molecule has 0 saturated carbocycles. The number of Topliss-reactive ketones (excluding diaryl/α,β-unsaturated/α-hetero) is 1. The molecule has 1 atom stereocenters. The Labute approximate surface area is 88.1 Å². The lowest BCUT2D eigenvalue weighted by atomic mass is 9.89. The van der Waals surface area contributed by atoms with Crippen LogP contribution in [0.15, 0.2) is 24.3 Å². The summed E-state index contributed by atoms with van der Waals surface area (Å²) < 4.78 is 4.97. The summed E-state index contributed by atoms with van der Waals surface area (Å²) in [4.78, 5) is 22.7. The average Bonchev–Trinajstić information content (AvgIpc) is 2.22. The monoisotopic (exact) mass is 204 g/mol. The second kappa shape index (κ2) is 3.85. The van der Waals surface area contributed by atoms with E-state index in [1.165, 1.54) is 6.92 Å². The van der Waals surface area contributed by atoms with Crippen molar-refractivity contribution in [2.75, 3.05) is 0 Å². The second-order valence-corrected chi connectivity index (χ2v) is 3.66. The highest BCUT2D eigenvalue weighted by Crippen LogP contribution is 2.22. The highest BCUT2D eigenvalue weighted by molar-refractivity contribution is 6.02. The fraction of sp³-hybridized carbons (Fsp3) is 0.333. The Bertz CT molecular complexity index is 409. The zero-order valence-electron chi connectivity index (χ0n) is 8.53. The average molecular weight is 204 g/mol. The number of benzene rings is 1. The van der Waals surface area contributed by atoms with Crippen LogP contribution in [0.2, 0.25) is 0 Å². The number of ether oxygens (including phenoxy) is 1. The van der Waals surface area contributed by atoms with Crippen LogP contribution in [0.5, 0.6) is 0 Å². The summed E-state index contributed by atoms with van der Waals surface area (Å²) in [6, 6.07) is 7.47. The molecule has 0 heterocycles. The van der Waals surface area contributed by atoms with E-state index < -0.39 is 12.1 Å². The molecule has 0 saturated heterocycles. The predicted octanol–water partition coefficient (Wildman–Crippen LogP) is 1.75. The van der Waals surface area contributed by atoms with Gasteiger partial charge in [0.1, 0.15) is 0 Å². The Balaban J connectivity index is 2.26. The molecule has 0 bridgehead atoms. The molecular weight excluding hydrogens is 192 g/mol. The van der Waals surface area contributed by atoms with Crippen LogP contribution < -0.4 is 0 Å². The number of hydrogen-bond donors (Lipinski definition) is 0. The first-order valence-electron chi connectivity index (χ1n) is 4.98. The lowest BCUT2D eigenvalue weighted by molar-refractivity contribution is -0.144. The van der Waals surface area contributed by atoms with Gasteiger partial charge in [-0.1, -0.05) is 24.3 Å². The van der Waals surface area contributed by atoms with Crippen LogP contribution in [0.25, 0.3) is 0 Å². The predicted molar refractivity (Wildman–Crippen MR) is 54.6 cm³/mol. The van der Waals surface area contributed by atoms with Crippen molar-refractivity contribution in [1.29, 1.82) is 0 Å². The Kier molecular flexibility index (Phi) is 2.54. The van der Waals surface area contributed by atoms with Gasteiger partial charge in [-0.15, -0.1) is 0 Å². The summed E-state index contributed by atoms with van der Waals surface area (Å²) in [5, 5.41) is 0. The van der Waals surface area contributed by atoms with E-state index in [0.29, 0.717) is 12.0 Å². The minimum Gasteiger partial charge on any atom is -0.454 e. The van der Waals surface area contributed by atoms with E-state index in [-0.39, 0.29) is 5.78 Å². The highest BCUT2D eigenvalue weighted by atomic mass is 16.5. The van der Waals surface area contributed by atoms with Gasteiger partial charge >= 0.3 is 5.97 Å². The molecule has 0 radical (unpaired) electrons. The number of carbonyl (C=O) groups excluding carboxylic acids is 2. The maximum atomic E-state index is 11.9. The zero-order valence-corrected chi connectivity index (χ0v) is 8.53. The summed E-state index contributed by atoms with van der Waals surface area (Å²) in [6.07, 6.45) is 0.798. The van der Waals surface area contributed by atoms with Crippen LogP contribution in [-0.2, 0) is 16.0 Å². The number of esters is 1. The van der Waals surface area contributed by atoms with Crippen molar-refractivity contribution < 1.29 is 14.3 Å². The lowest BCUT2D eigenvalue weighted by Gasteiger charge is -2.22. The molecule has 1 aliphatic carbocycles. The van der Waals surface area contributed by atoms with E-state index in [0.717, 1.165) is 12.0 Å². The number of fused-ring (bicyclic) bond motifs is 1. The maximum Gasteiger partial charge on any atom is 0.303 e. The van der Waals surface area contributed by atoms with Crippen LogP contribution in [-0.4, -0.2) is 17.9 Å². The number of hydrogen-bond acceptors (Lipinski definition) is 3. The minimum atomic E-state index is -0.586. The van der Waals surface area contributed by atoms with Gasteiger partial charge in [0, 0.05) is 12.5 Å². The van der Waals surface area contributed by atoms with Gasteiger partial charge in [0.05, 0.1) is 0 Å². The molecule has 0 spiro atoms. The molecule has 0 amide bonds. The molecule has 1 aromatic rings. The van der Waals surface area contributed by atoms with Gasteiger partial charge in [0.2, 0.25) is 5.78 Å². The van der Waals surface area contributed by atoms with Gasteiger partial charge in [-0.25, -0.2) is 0 Å². The molecule has 1 aromatic carbocycles. The third kappa shape index (κ3) is 1.91. The van der Waals surface area contributed by atoms with Crippen molar-refractivity contribution in [3.05, 3.63) is 35.4 Å². The summed E-state index contributed by atoms with van der Waals surface area (Å²) in [5.74, 6) is -0.472. The number of carbonyl (C=O) groups is 2. The molecule has 0 aromatic heterocycles. The van der Waals surface area contributed by atoms with Crippen molar-refractivity contribution in [1.82, 2.24) is 0 Å². The largest absolute Gasteiger partial charge is 0.454 e. The first-order valence-corrected chi connectivity index (χ1v) is 4.98. The zero-order chi connectivity index (χ0) is 10.8. The second-order valence-electron chi connectivity index (χ2n) is 3.66. The molecule has 0 unspecified atom stereocenters. The highest BCUT2D eigenvalue weighted by Gasteiger charge is 2.28. The first kappa shape index (κ1) is 9.90. The SMILES string of the molecule is CC(=O)O[C@H]1CCc2ccccc2C1=O. The standard InChI is InChI=1S/C12H12O3/c1-8(13)15-11-7-6-9-4-2-3-5-10(9)12(11)14/h2-5,11H,6-7H2,1H3/t11-/m0/s1. The molecule has 0 fully saturated rings. The van der Waals surface area contributed by atoms with Gasteiger partial charge in [-0.2, -0.15) is 0 Å². The molecule has 2 rings (SSSR count). The molecule has 0 N–H and O–H groups in total. The summed E-state index contributed by atoms with van der Waals surface area (Å²) in [7, 11) is 0. The van der Waals surface area contributed by atoms with E-state index in [1.807, 2.05) is 18.2 Å². The van der Waals surface area contributed by atoms with Crippen molar-refractivity contribution in [2.45, 2.75) is 25.9 Å². The lowest BCUT2D eigenvalue weighted by Crippen LogP contribution is -2.31. The summed E-state index contributed by atoms with van der Waals surface area (Å²) >= 11 is 0. The molecule has 3 heteroatoms. The van der Waals surface area contributed by atoms with E-state index >= 15 is 0 Å². The third-order valence-corrected chi connectivity index (χ3v) is 2.56. The van der Waals surface area contributed by atoms with Crippen molar-refractivity contribution in [3.8, 4) is 0 Å². The number of aryl methyl sites for hydroxylation is 1. The van der Waals surface area contributed by atoms with Crippen molar-refractivity contribution in [2.24, 2.45) is 0 Å². The quantitative estimate of drug-likeness (QED) is 0.654. The molecule has 15 heavy (non-hydrogen) atoms. The van der Waals surface area contributed by atoms with Gasteiger partial charge < -0.3 is 4.74 Å². The fourth-order valence-electron chi connectivity index (χ4n) is 1.88. The third-order valence-electron chi connectivity index (χ3n) is 2.56. The van der Waals surface area contributed by atoms with Gasteiger partial charge in [0.25, 0.3) is 0 Å². The Morgan fingerprint density at radius 1 is 1.40 bits per heavy atom. The Hall–Kier alpha value is -1.64. The van der Waals surface area contributed by atoms with E-state index in [1.54, 1.807) is 6.07 Å². The van der Waals surface area contributed by atoms with Crippen LogP contribution >= 0.6 is 0 Å². The molecule has 78 valence electrons. The maximum absolute atomic E-state index is 11.9. The molecular formula is C12H12O3. The molecule has 3 nitrogen and oxygen atoms in total. The number of rotatable bonds is 1. The van der Waals surface area contributed by atoms with Crippen LogP contribution in [0, 0.1) is 0 Å². The topological polar surface area (TPSA) is 43.4 Å². The van der Waals surface area contributed by atoms with E-state index in [9.17, 15) is 9.59 Å². The Morgan fingerprint density at radius 2 is 2.13 bits per heavy atom. The molecule has 0 aliphatic heterocycles. The van der Waals surface area contributed by atoms with Gasteiger partial charge in [0.15, 0.2) is 6.10 Å². The van der Waals surface area contributed by atoms with Crippen molar-refractivity contribution in [3.63, 3.8) is 0 Å². The fourth-order valence-corrected chi connectivity index (χ4v) is 1.88. The minimum absolute atomic E-state index is 0.0768. The van der Waals surface area contributed by atoms with Crippen molar-refractivity contribution >= 4 is 11.8 Å². The first-order chi connectivity index (χ1) is 7.18. The van der Waals surface area contributed by atoms with Crippen LogP contribution in [0.3, 0.4) is 0 Å². The molecule has 1 aliphatic rings. The van der Waals surface area contributed by atoms with E-state index in [2.05, 4.69) is 0 Å². The van der Waals surface area contributed by atoms with Crippen LogP contribution in [0.1, 0.15) is 29.3 Å². The number of ketones is 1. The Morgan fingerprint density at radius 3 is 2.87 bits per heavy atom. The van der Waals surface area contributed by atoms with E-state index in [4.69, 9.17) is 4.74 Å². The van der Waals surface area contributed by atoms with Crippen LogP contribution in [0.4, 0.5) is 0 Å². The van der Waals surface area contributed by atoms with Gasteiger partial charge in [-0.05, 0) is 18.4 Å². The summed E-state index contributed by atoms with van der Waals surface area (Å²) in [5.41, 5.74) is 1.74. The smallest absolute Gasteiger partial charge is 0.303 e.